The number of carbonyl (C=O) groups excluding carboxylic acids is 2. The normalized spacial score (nSPS) is 9.95. The van der Waals surface area contributed by atoms with Crippen LogP contribution in [0.5, 0.6) is 0 Å². The lowest BCUT2D eigenvalue weighted by Crippen LogP contribution is -2.23. The lowest BCUT2D eigenvalue weighted by molar-refractivity contribution is 0.0957. The average molecular weight is 412 g/mol. The van der Waals surface area contributed by atoms with Crippen LogP contribution in [-0.4, -0.2) is 18.4 Å². The number of hydrogen-bond donors (Lipinski definition) is 2. The van der Waals surface area contributed by atoms with E-state index in [-0.39, 0.29) is 11.8 Å². The van der Waals surface area contributed by atoms with Crippen LogP contribution in [0.2, 0.25) is 0 Å². The van der Waals surface area contributed by atoms with Crippen LogP contribution >= 0.6 is 33.9 Å². The summed E-state index contributed by atoms with van der Waals surface area (Å²) in [6, 6.07) is 8.59. The number of nitrogens with one attached hydrogen (secondary N) is 2. The number of benzene rings is 1. The minimum Gasteiger partial charge on any atom is -0.349 e. The smallest absolute Gasteiger partial charge is 0.256 e. The van der Waals surface area contributed by atoms with Crippen LogP contribution < -0.4 is 10.6 Å². The highest BCUT2D eigenvalue weighted by atomic mass is 127. The predicted octanol–water partition coefficient (Wildman–Crippen LogP) is 3.52. The van der Waals surface area contributed by atoms with E-state index < -0.39 is 0 Å². The van der Waals surface area contributed by atoms with Gasteiger partial charge in [-0.2, -0.15) is 0 Å². The van der Waals surface area contributed by atoms with Crippen LogP contribution in [0, 0.1) is 2.88 Å². The molecule has 0 atom stereocenters. The van der Waals surface area contributed by atoms with Gasteiger partial charge in [0.1, 0.15) is 0 Å². The third-order valence-corrected chi connectivity index (χ3v) is 4.43. The fraction of sp³-hybridized carbons (Fsp3) is 0.0667. The Kier molecular flexibility index (Phi) is 5.51. The van der Waals surface area contributed by atoms with Crippen LogP contribution in [0.25, 0.3) is 0 Å². The van der Waals surface area contributed by atoms with Crippen molar-refractivity contribution in [3.8, 4) is 0 Å². The molecule has 21 heavy (non-hydrogen) atoms. The SMILES string of the molecule is C=CCNC(=O)c1ccc(NC(=O)c2csc(I)c2)cc1. The second-order valence-corrected chi connectivity index (χ2v) is 6.98. The van der Waals surface area contributed by atoms with Gasteiger partial charge in [-0.1, -0.05) is 6.08 Å². The zero-order chi connectivity index (χ0) is 15.2. The maximum atomic E-state index is 12.0. The van der Waals surface area contributed by atoms with Crippen LogP contribution in [0.3, 0.4) is 0 Å². The van der Waals surface area contributed by atoms with Gasteiger partial charge >= 0.3 is 0 Å². The monoisotopic (exact) mass is 412 g/mol. The summed E-state index contributed by atoms with van der Waals surface area (Å²) in [6.07, 6.45) is 1.62. The number of anilines is 1. The first-order chi connectivity index (χ1) is 10.1. The molecule has 0 spiro atoms. The van der Waals surface area contributed by atoms with Crippen molar-refractivity contribution in [2.24, 2.45) is 0 Å². The molecule has 2 N–H and O–H groups in total. The molecule has 0 unspecified atom stereocenters. The summed E-state index contributed by atoms with van der Waals surface area (Å²) in [7, 11) is 0. The molecule has 0 aliphatic carbocycles. The molecule has 0 aliphatic heterocycles. The van der Waals surface area contributed by atoms with E-state index in [2.05, 4.69) is 39.8 Å². The quantitative estimate of drug-likeness (QED) is 0.583. The molecule has 0 aliphatic rings. The van der Waals surface area contributed by atoms with Crippen molar-refractivity contribution in [2.75, 3.05) is 11.9 Å². The fourth-order valence-corrected chi connectivity index (χ4v) is 2.93. The van der Waals surface area contributed by atoms with E-state index in [4.69, 9.17) is 0 Å². The Morgan fingerprint density at radius 1 is 1.19 bits per heavy atom. The van der Waals surface area contributed by atoms with Crippen molar-refractivity contribution in [1.29, 1.82) is 0 Å². The Balaban J connectivity index is 2.00. The van der Waals surface area contributed by atoms with Crippen molar-refractivity contribution in [3.63, 3.8) is 0 Å². The molecule has 0 saturated heterocycles. The summed E-state index contributed by atoms with van der Waals surface area (Å²) in [5.41, 5.74) is 1.83. The zero-order valence-electron chi connectivity index (χ0n) is 11.1. The lowest BCUT2D eigenvalue weighted by Gasteiger charge is -2.06. The van der Waals surface area contributed by atoms with Crippen LogP contribution in [0.1, 0.15) is 20.7 Å². The van der Waals surface area contributed by atoms with Crippen molar-refractivity contribution >= 4 is 51.4 Å². The van der Waals surface area contributed by atoms with Gasteiger partial charge in [-0.25, -0.2) is 0 Å². The minimum absolute atomic E-state index is 0.155. The summed E-state index contributed by atoms with van der Waals surface area (Å²) in [4.78, 5) is 23.7. The van der Waals surface area contributed by atoms with Gasteiger partial charge < -0.3 is 10.6 Å². The maximum Gasteiger partial charge on any atom is 0.256 e. The van der Waals surface area contributed by atoms with Gasteiger partial charge in [-0.15, -0.1) is 17.9 Å². The zero-order valence-corrected chi connectivity index (χ0v) is 14.0. The number of halogens is 1. The highest BCUT2D eigenvalue weighted by molar-refractivity contribution is 14.1. The van der Waals surface area contributed by atoms with Gasteiger partial charge in [0, 0.05) is 23.2 Å². The van der Waals surface area contributed by atoms with Crippen molar-refractivity contribution in [3.05, 3.63) is 62.4 Å². The van der Waals surface area contributed by atoms with E-state index in [1.165, 1.54) is 11.3 Å². The molecule has 6 heteroatoms. The number of amides is 2. The summed E-state index contributed by atoms with van der Waals surface area (Å²) in [6.45, 7) is 3.97. The van der Waals surface area contributed by atoms with Crippen molar-refractivity contribution in [2.45, 2.75) is 0 Å². The summed E-state index contributed by atoms with van der Waals surface area (Å²) in [5, 5.41) is 7.30. The third kappa shape index (κ3) is 4.40. The van der Waals surface area contributed by atoms with Crippen LogP contribution in [0.15, 0.2) is 48.4 Å². The molecule has 1 aromatic carbocycles. The molecule has 2 rings (SSSR count). The van der Waals surface area contributed by atoms with E-state index >= 15 is 0 Å². The lowest BCUT2D eigenvalue weighted by atomic mass is 10.2. The van der Waals surface area contributed by atoms with Gasteiger partial charge in [0.25, 0.3) is 11.8 Å². The topological polar surface area (TPSA) is 58.2 Å². The molecule has 108 valence electrons. The van der Waals surface area contributed by atoms with E-state index in [1.54, 1.807) is 30.3 Å². The minimum atomic E-state index is -0.167. The molecular weight excluding hydrogens is 399 g/mol. The van der Waals surface area contributed by atoms with Crippen molar-refractivity contribution in [1.82, 2.24) is 5.32 Å². The highest BCUT2D eigenvalue weighted by Crippen LogP contribution is 2.18. The second-order valence-electron chi connectivity index (χ2n) is 4.17. The summed E-state index contributed by atoms with van der Waals surface area (Å²) >= 11 is 3.70. The molecule has 2 aromatic rings. The Morgan fingerprint density at radius 3 is 2.48 bits per heavy atom. The molecule has 0 bridgehead atoms. The average Bonchev–Trinajstić information content (AvgIpc) is 2.92. The Hall–Kier alpha value is -1.67. The number of rotatable bonds is 5. The Bertz CT molecular complexity index is 665. The Labute approximate surface area is 140 Å². The highest BCUT2D eigenvalue weighted by Gasteiger charge is 2.09. The fourth-order valence-electron chi connectivity index (χ4n) is 1.60. The van der Waals surface area contributed by atoms with E-state index in [0.717, 1.165) is 2.88 Å². The first-order valence-corrected chi connectivity index (χ1v) is 8.10. The molecule has 0 radical (unpaired) electrons. The summed E-state index contributed by atoms with van der Waals surface area (Å²) < 4.78 is 1.06. The van der Waals surface area contributed by atoms with Gasteiger partial charge in [-0.3, -0.25) is 9.59 Å². The van der Waals surface area contributed by atoms with Gasteiger partial charge in [-0.05, 0) is 52.9 Å². The van der Waals surface area contributed by atoms with E-state index in [9.17, 15) is 9.59 Å². The second kappa shape index (κ2) is 7.37. The maximum absolute atomic E-state index is 12.0. The van der Waals surface area contributed by atoms with Gasteiger partial charge in [0.05, 0.1) is 8.45 Å². The molecule has 4 nitrogen and oxygen atoms in total. The number of thiophene rings is 1. The molecule has 0 fully saturated rings. The van der Waals surface area contributed by atoms with E-state index in [1.807, 2.05) is 11.4 Å². The third-order valence-electron chi connectivity index (χ3n) is 2.64. The van der Waals surface area contributed by atoms with Gasteiger partial charge in [0.2, 0.25) is 0 Å². The molecular formula is C15H13IN2O2S. The van der Waals surface area contributed by atoms with Crippen LogP contribution in [0.4, 0.5) is 5.69 Å². The van der Waals surface area contributed by atoms with Gasteiger partial charge in [0.15, 0.2) is 0 Å². The first-order valence-electron chi connectivity index (χ1n) is 6.14. The van der Waals surface area contributed by atoms with E-state index in [0.29, 0.717) is 23.4 Å². The Morgan fingerprint density at radius 2 is 1.90 bits per heavy atom. The molecule has 1 aromatic heterocycles. The standard InChI is InChI=1S/C15H13IN2O2S/c1-2-7-17-14(19)10-3-5-12(6-4-10)18-15(20)11-8-13(16)21-9-11/h2-6,8-9H,1,7H2,(H,17,19)(H,18,20). The van der Waals surface area contributed by atoms with Crippen LogP contribution in [-0.2, 0) is 0 Å². The molecule has 0 saturated carbocycles. The van der Waals surface area contributed by atoms with Crippen molar-refractivity contribution < 1.29 is 9.59 Å². The molecule has 1 heterocycles. The number of hydrogen-bond acceptors (Lipinski definition) is 3. The summed E-state index contributed by atoms with van der Waals surface area (Å²) in [5.74, 6) is -0.321. The first kappa shape index (κ1) is 15.7. The molecule has 2 amide bonds. The largest absolute Gasteiger partial charge is 0.349 e. The number of carbonyl (C=O) groups is 2. The predicted molar refractivity (Wildman–Crippen MR) is 94.0 cm³/mol.